The number of nitrogens with one attached hydrogen (secondary N) is 1. The zero-order chi connectivity index (χ0) is 22.9. The van der Waals surface area contributed by atoms with Gasteiger partial charge < -0.3 is 19.9 Å². The SMILES string of the molecule is CCOc1cc(OCCc2ccccc2F)cc(C(Nc2ccc(C#N)cc2)C(=O)O)c1. The van der Waals surface area contributed by atoms with E-state index in [-0.39, 0.29) is 12.4 Å². The van der Waals surface area contributed by atoms with E-state index in [1.54, 1.807) is 60.7 Å². The lowest BCUT2D eigenvalue weighted by Gasteiger charge is -2.19. The summed E-state index contributed by atoms with van der Waals surface area (Å²) in [5, 5.41) is 21.7. The number of aliphatic carboxylic acids is 1. The van der Waals surface area contributed by atoms with Crippen molar-refractivity contribution >= 4 is 11.7 Å². The van der Waals surface area contributed by atoms with Crippen LogP contribution in [0.1, 0.15) is 29.7 Å². The Bertz CT molecular complexity index is 1110. The first-order valence-electron chi connectivity index (χ1n) is 10.1. The summed E-state index contributed by atoms with van der Waals surface area (Å²) in [6, 6.07) is 18.9. The molecule has 1 atom stereocenters. The van der Waals surface area contributed by atoms with E-state index in [4.69, 9.17) is 14.7 Å². The van der Waals surface area contributed by atoms with Gasteiger partial charge in [0.25, 0.3) is 0 Å². The molecular formula is C25H23FN2O4. The molecule has 0 aliphatic rings. The lowest BCUT2D eigenvalue weighted by Crippen LogP contribution is -2.20. The molecule has 0 fully saturated rings. The van der Waals surface area contributed by atoms with E-state index in [1.807, 2.05) is 13.0 Å². The molecule has 32 heavy (non-hydrogen) atoms. The first-order chi connectivity index (χ1) is 15.5. The molecule has 6 nitrogen and oxygen atoms in total. The number of halogens is 1. The Morgan fingerprint density at radius 2 is 1.78 bits per heavy atom. The van der Waals surface area contributed by atoms with Crippen LogP contribution < -0.4 is 14.8 Å². The number of benzene rings is 3. The van der Waals surface area contributed by atoms with Crippen LogP contribution in [0.5, 0.6) is 11.5 Å². The van der Waals surface area contributed by atoms with Gasteiger partial charge in [0, 0.05) is 18.2 Å². The molecule has 0 bridgehead atoms. The number of nitriles is 1. The molecule has 0 aliphatic heterocycles. The Morgan fingerprint density at radius 3 is 2.41 bits per heavy atom. The standard InChI is InChI=1S/C25H23FN2O4/c1-2-31-21-13-19(24(25(29)30)28-20-9-7-17(16-27)8-10-20)14-22(15-21)32-12-11-18-5-3-4-6-23(18)26/h3-10,13-15,24,28H,2,11-12H2,1H3,(H,29,30). The van der Waals surface area contributed by atoms with Crippen molar-refractivity contribution in [2.75, 3.05) is 18.5 Å². The Labute approximate surface area is 185 Å². The fourth-order valence-electron chi connectivity index (χ4n) is 3.17. The van der Waals surface area contributed by atoms with Crippen molar-refractivity contribution in [3.8, 4) is 17.6 Å². The Morgan fingerprint density at radius 1 is 1.09 bits per heavy atom. The third-order valence-corrected chi connectivity index (χ3v) is 4.72. The van der Waals surface area contributed by atoms with Crippen LogP contribution in [0.3, 0.4) is 0 Å². The molecule has 0 saturated carbocycles. The highest BCUT2D eigenvalue weighted by molar-refractivity contribution is 5.79. The van der Waals surface area contributed by atoms with Crippen molar-refractivity contribution in [3.63, 3.8) is 0 Å². The van der Waals surface area contributed by atoms with Crippen molar-refractivity contribution in [1.29, 1.82) is 5.26 Å². The highest BCUT2D eigenvalue weighted by atomic mass is 19.1. The first kappa shape index (κ1) is 22.6. The quantitative estimate of drug-likeness (QED) is 0.469. The van der Waals surface area contributed by atoms with E-state index in [0.717, 1.165) is 0 Å². The molecule has 0 saturated heterocycles. The van der Waals surface area contributed by atoms with Crippen LogP contribution >= 0.6 is 0 Å². The summed E-state index contributed by atoms with van der Waals surface area (Å²) in [6.07, 6.45) is 0.368. The third-order valence-electron chi connectivity index (χ3n) is 4.72. The fraction of sp³-hybridized carbons (Fsp3) is 0.200. The summed E-state index contributed by atoms with van der Waals surface area (Å²) in [7, 11) is 0. The third kappa shape index (κ3) is 5.99. The molecule has 0 spiro atoms. The maximum Gasteiger partial charge on any atom is 0.330 e. The minimum Gasteiger partial charge on any atom is -0.494 e. The summed E-state index contributed by atoms with van der Waals surface area (Å²) in [4.78, 5) is 12.0. The summed E-state index contributed by atoms with van der Waals surface area (Å²) in [6.45, 7) is 2.45. The second kappa shape index (κ2) is 10.8. The first-order valence-corrected chi connectivity index (χ1v) is 10.1. The zero-order valence-electron chi connectivity index (χ0n) is 17.5. The van der Waals surface area contributed by atoms with Crippen LogP contribution in [0.2, 0.25) is 0 Å². The number of hydrogen-bond donors (Lipinski definition) is 2. The highest BCUT2D eigenvalue weighted by Gasteiger charge is 2.22. The smallest absolute Gasteiger partial charge is 0.330 e. The van der Waals surface area contributed by atoms with Crippen LogP contribution in [-0.4, -0.2) is 24.3 Å². The molecule has 3 aromatic carbocycles. The molecule has 0 aliphatic carbocycles. The van der Waals surface area contributed by atoms with E-state index < -0.39 is 12.0 Å². The molecular weight excluding hydrogens is 411 g/mol. The van der Waals surface area contributed by atoms with Crippen molar-refractivity contribution in [1.82, 2.24) is 0 Å². The predicted molar refractivity (Wildman–Crippen MR) is 118 cm³/mol. The van der Waals surface area contributed by atoms with Gasteiger partial charge in [0.2, 0.25) is 0 Å². The monoisotopic (exact) mass is 434 g/mol. The maximum absolute atomic E-state index is 13.8. The van der Waals surface area contributed by atoms with E-state index in [0.29, 0.717) is 46.9 Å². The fourth-order valence-corrected chi connectivity index (χ4v) is 3.17. The van der Waals surface area contributed by atoms with Gasteiger partial charge in [-0.3, -0.25) is 0 Å². The Kier molecular flexibility index (Phi) is 7.65. The number of hydrogen-bond acceptors (Lipinski definition) is 5. The van der Waals surface area contributed by atoms with Gasteiger partial charge in [-0.25, -0.2) is 9.18 Å². The average Bonchev–Trinajstić information content (AvgIpc) is 2.79. The van der Waals surface area contributed by atoms with Crippen LogP contribution in [0, 0.1) is 17.1 Å². The Balaban J connectivity index is 1.80. The number of nitrogens with zero attached hydrogens (tertiary/aromatic N) is 1. The topological polar surface area (TPSA) is 91.6 Å². The molecule has 0 heterocycles. The summed E-state index contributed by atoms with van der Waals surface area (Å²) >= 11 is 0. The van der Waals surface area contributed by atoms with Gasteiger partial charge in [0.05, 0.1) is 24.8 Å². The second-order valence-electron chi connectivity index (χ2n) is 6.97. The van der Waals surface area contributed by atoms with E-state index in [9.17, 15) is 14.3 Å². The van der Waals surface area contributed by atoms with Crippen molar-refractivity contribution in [2.45, 2.75) is 19.4 Å². The van der Waals surface area contributed by atoms with E-state index in [1.165, 1.54) is 6.07 Å². The van der Waals surface area contributed by atoms with Crippen molar-refractivity contribution in [2.24, 2.45) is 0 Å². The largest absolute Gasteiger partial charge is 0.494 e. The van der Waals surface area contributed by atoms with Crippen LogP contribution in [0.4, 0.5) is 10.1 Å². The van der Waals surface area contributed by atoms with Gasteiger partial charge in [-0.2, -0.15) is 5.26 Å². The van der Waals surface area contributed by atoms with Crippen molar-refractivity contribution < 1.29 is 23.8 Å². The minimum atomic E-state index is -1.08. The molecule has 1 unspecified atom stereocenters. The number of carboxylic acids is 1. The Hall–Kier alpha value is -4.05. The van der Waals surface area contributed by atoms with Gasteiger partial charge in [0.1, 0.15) is 17.3 Å². The zero-order valence-corrected chi connectivity index (χ0v) is 17.5. The molecule has 2 N–H and O–H groups in total. The molecule has 0 radical (unpaired) electrons. The molecule has 0 aromatic heterocycles. The molecule has 3 aromatic rings. The molecule has 3 rings (SSSR count). The molecule has 0 amide bonds. The highest BCUT2D eigenvalue weighted by Crippen LogP contribution is 2.29. The van der Waals surface area contributed by atoms with Gasteiger partial charge in [0.15, 0.2) is 6.04 Å². The second-order valence-corrected chi connectivity index (χ2v) is 6.97. The number of carboxylic acid groups (broad SMARTS) is 1. The number of ether oxygens (including phenoxy) is 2. The average molecular weight is 434 g/mol. The van der Waals surface area contributed by atoms with Gasteiger partial charge in [-0.1, -0.05) is 18.2 Å². The predicted octanol–water partition coefficient (Wildman–Crippen LogP) is 4.96. The van der Waals surface area contributed by atoms with Crippen molar-refractivity contribution in [3.05, 3.63) is 89.2 Å². The van der Waals surface area contributed by atoms with E-state index in [2.05, 4.69) is 5.32 Å². The molecule has 7 heteroatoms. The van der Waals surface area contributed by atoms with Gasteiger partial charge in [-0.15, -0.1) is 0 Å². The van der Waals surface area contributed by atoms with Crippen LogP contribution in [-0.2, 0) is 11.2 Å². The molecule has 164 valence electrons. The minimum absolute atomic E-state index is 0.219. The van der Waals surface area contributed by atoms with Crippen LogP contribution in [0.15, 0.2) is 66.7 Å². The summed E-state index contributed by atoms with van der Waals surface area (Å²) < 4.78 is 25.2. The maximum atomic E-state index is 13.8. The summed E-state index contributed by atoms with van der Waals surface area (Å²) in [5.41, 5.74) is 2.01. The number of anilines is 1. The summed E-state index contributed by atoms with van der Waals surface area (Å²) in [5.74, 6) is -0.480. The van der Waals surface area contributed by atoms with Gasteiger partial charge in [-0.05, 0) is 60.5 Å². The lowest BCUT2D eigenvalue weighted by molar-refractivity contribution is -0.138. The lowest BCUT2D eigenvalue weighted by atomic mass is 10.1. The normalized spacial score (nSPS) is 11.3. The number of rotatable bonds is 10. The van der Waals surface area contributed by atoms with Gasteiger partial charge >= 0.3 is 5.97 Å². The number of carbonyl (C=O) groups is 1. The van der Waals surface area contributed by atoms with Crippen LogP contribution in [0.25, 0.3) is 0 Å². The van der Waals surface area contributed by atoms with E-state index >= 15 is 0 Å².